The Kier molecular flexibility index (Phi) is 6.42. The highest BCUT2D eigenvalue weighted by Gasteiger charge is 2.20. The lowest BCUT2D eigenvalue weighted by atomic mass is 9.86. The number of urea groups is 1. The summed E-state index contributed by atoms with van der Waals surface area (Å²) in [7, 11) is 1.65. The van der Waals surface area contributed by atoms with E-state index in [0.29, 0.717) is 6.61 Å². The highest BCUT2D eigenvalue weighted by atomic mass is 16.5. The first-order chi connectivity index (χ1) is 12.3. The summed E-state index contributed by atoms with van der Waals surface area (Å²) in [5, 5.41) is 2.88. The SMILES string of the molecule is COc1ccc(N2CCCNC2=O)cc1OCCCC1CCCCC1. The highest BCUT2D eigenvalue weighted by molar-refractivity contribution is 5.93. The summed E-state index contributed by atoms with van der Waals surface area (Å²) in [6, 6.07) is 5.68. The Morgan fingerprint density at radius 3 is 2.76 bits per heavy atom. The minimum atomic E-state index is -0.0420. The van der Waals surface area contributed by atoms with Crippen LogP contribution in [0, 0.1) is 5.92 Å². The molecule has 1 saturated carbocycles. The third-order valence-electron chi connectivity index (χ3n) is 5.28. The molecule has 5 heteroatoms. The number of carbonyl (C=O) groups excluding carboxylic acids is 1. The van der Waals surface area contributed by atoms with Crippen molar-refractivity contribution >= 4 is 11.7 Å². The van der Waals surface area contributed by atoms with Crippen LogP contribution in [0.25, 0.3) is 0 Å². The van der Waals surface area contributed by atoms with Crippen molar-refractivity contribution in [1.29, 1.82) is 0 Å². The van der Waals surface area contributed by atoms with E-state index in [1.165, 1.54) is 38.5 Å². The van der Waals surface area contributed by atoms with Crippen LogP contribution in [-0.2, 0) is 0 Å². The number of ether oxygens (including phenoxy) is 2. The molecule has 2 aliphatic rings. The van der Waals surface area contributed by atoms with E-state index in [1.807, 2.05) is 18.2 Å². The summed E-state index contributed by atoms with van der Waals surface area (Å²) in [6.07, 6.45) is 10.2. The molecule has 0 radical (unpaired) electrons. The first kappa shape index (κ1) is 17.9. The molecule has 1 aliphatic heterocycles. The number of anilines is 1. The van der Waals surface area contributed by atoms with Gasteiger partial charge in [-0.05, 0) is 37.3 Å². The van der Waals surface area contributed by atoms with E-state index in [-0.39, 0.29) is 6.03 Å². The molecule has 2 amide bonds. The molecule has 2 fully saturated rings. The van der Waals surface area contributed by atoms with Gasteiger partial charge in [0.25, 0.3) is 0 Å². The molecule has 5 nitrogen and oxygen atoms in total. The van der Waals surface area contributed by atoms with Gasteiger partial charge in [-0.15, -0.1) is 0 Å². The van der Waals surface area contributed by atoms with E-state index >= 15 is 0 Å². The number of hydrogen-bond donors (Lipinski definition) is 1. The zero-order chi connectivity index (χ0) is 17.5. The number of carbonyl (C=O) groups is 1. The van der Waals surface area contributed by atoms with Crippen molar-refractivity contribution in [2.24, 2.45) is 5.92 Å². The van der Waals surface area contributed by atoms with Gasteiger partial charge in [-0.3, -0.25) is 4.90 Å². The molecule has 1 heterocycles. The van der Waals surface area contributed by atoms with Crippen LogP contribution in [0.4, 0.5) is 10.5 Å². The van der Waals surface area contributed by atoms with Gasteiger partial charge in [0.2, 0.25) is 0 Å². The van der Waals surface area contributed by atoms with Gasteiger partial charge in [0.05, 0.1) is 13.7 Å². The third-order valence-corrected chi connectivity index (χ3v) is 5.28. The second-order valence-electron chi connectivity index (χ2n) is 7.07. The summed E-state index contributed by atoms with van der Waals surface area (Å²) in [5.74, 6) is 2.32. The number of amides is 2. The van der Waals surface area contributed by atoms with Crippen molar-refractivity contribution in [3.8, 4) is 11.5 Å². The molecule has 0 bridgehead atoms. The maximum Gasteiger partial charge on any atom is 0.321 e. The van der Waals surface area contributed by atoms with Crippen LogP contribution in [0.2, 0.25) is 0 Å². The van der Waals surface area contributed by atoms with Crippen molar-refractivity contribution in [1.82, 2.24) is 5.32 Å². The molecular formula is C20H30N2O3. The van der Waals surface area contributed by atoms with Crippen LogP contribution in [0.3, 0.4) is 0 Å². The van der Waals surface area contributed by atoms with Crippen LogP contribution in [0.15, 0.2) is 18.2 Å². The first-order valence-electron chi connectivity index (χ1n) is 9.64. The fourth-order valence-electron chi connectivity index (χ4n) is 3.85. The fraction of sp³-hybridized carbons (Fsp3) is 0.650. The van der Waals surface area contributed by atoms with E-state index in [0.717, 1.165) is 49.0 Å². The van der Waals surface area contributed by atoms with Crippen LogP contribution in [-0.4, -0.2) is 32.8 Å². The zero-order valence-corrected chi connectivity index (χ0v) is 15.3. The number of nitrogens with zero attached hydrogens (tertiary/aromatic N) is 1. The Morgan fingerprint density at radius 1 is 1.16 bits per heavy atom. The Morgan fingerprint density at radius 2 is 2.00 bits per heavy atom. The number of nitrogens with one attached hydrogen (secondary N) is 1. The molecule has 0 unspecified atom stereocenters. The van der Waals surface area contributed by atoms with Crippen molar-refractivity contribution < 1.29 is 14.3 Å². The quantitative estimate of drug-likeness (QED) is 0.747. The van der Waals surface area contributed by atoms with Gasteiger partial charge in [0.1, 0.15) is 0 Å². The number of benzene rings is 1. The van der Waals surface area contributed by atoms with Crippen LogP contribution >= 0.6 is 0 Å². The topological polar surface area (TPSA) is 50.8 Å². The number of hydrogen-bond acceptors (Lipinski definition) is 3. The maximum atomic E-state index is 12.0. The van der Waals surface area contributed by atoms with Gasteiger partial charge in [-0.25, -0.2) is 4.79 Å². The summed E-state index contributed by atoms with van der Waals surface area (Å²) in [5.41, 5.74) is 0.861. The summed E-state index contributed by atoms with van der Waals surface area (Å²) in [4.78, 5) is 13.8. The molecule has 1 aromatic carbocycles. The Hall–Kier alpha value is -1.91. The molecule has 0 aromatic heterocycles. The first-order valence-corrected chi connectivity index (χ1v) is 9.64. The maximum absolute atomic E-state index is 12.0. The lowest BCUT2D eigenvalue weighted by Crippen LogP contribution is -2.46. The predicted molar refractivity (Wildman–Crippen MR) is 99.7 cm³/mol. The van der Waals surface area contributed by atoms with E-state index in [9.17, 15) is 4.79 Å². The average molecular weight is 346 g/mol. The van der Waals surface area contributed by atoms with Gasteiger partial charge in [-0.1, -0.05) is 32.1 Å². The average Bonchev–Trinajstić information content (AvgIpc) is 2.66. The van der Waals surface area contributed by atoms with Crippen LogP contribution in [0.5, 0.6) is 11.5 Å². The smallest absolute Gasteiger partial charge is 0.321 e. The second-order valence-corrected chi connectivity index (χ2v) is 7.07. The van der Waals surface area contributed by atoms with Crippen molar-refractivity contribution in [2.75, 3.05) is 31.7 Å². The monoisotopic (exact) mass is 346 g/mol. The standard InChI is InChI=1S/C20H30N2O3/c1-24-18-11-10-17(22-13-6-12-21-20(22)23)15-19(18)25-14-5-9-16-7-3-2-4-8-16/h10-11,15-16H,2-9,12-14H2,1H3,(H,21,23). The number of methoxy groups -OCH3 is 1. The molecular weight excluding hydrogens is 316 g/mol. The Bertz CT molecular complexity index is 570. The molecule has 1 saturated heterocycles. The molecule has 138 valence electrons. The summed E-state index contributed by atoms with van der Waals surface area (Å²) < 4.78 is 11.4. The van der Waals surface area contributed by atoms with Crippen LogP contribution in [0.1, 0.15) is 51.4 Å². The summed E-state index contributed by atoms with van der Waals surface area (Å²) >= 11 is 0. The molecule has 0 spiro atoms. The normalized spacial score (nSPS) is 18.8. The highest BCUT2D eigenvalue weighted by Crippen LogP contribution is 2.33. The Labute approximate surface area is 150 Å². The number of rotatable bonds is 7. The molecule has 1 aliphatic carbocycles. The molecule has 1 aromatic rings. The molecule has 0 atom stereocenters. The predicted octanol–water partition coefficient (Wildman–Crippen LogP) is 4.35. The van der Waals surface area contributed by atoms with Gasteiger partial charge in [0, 0.05) is 24.8 Å². The largest absolute Gasteiger partial charge is 0.493 e. The summed E-state index contributed by atoms with van der Waals surface area (Å²) in [6.45, 7) is 2.18. The zero-order valence-electron chi connectivity index (χ0n) is 15.3. The fourth-order valence-corrected chi connectivity index (χ4v) is 3.85. The lowest BCUT2D eigenvalue weighted by Gasteiger charge is -2.28. The van der Waals surface area contributed by atoms with Crippen molar-refractivity contribution in [2.45, 2.75) is 51.4 Å². The molecule has 1 N–H and O–H groups in total. The van der Waals surface area contributed by atoms with E-state index in [4.69, 9.17) is 9.47 Å². The molecule has 3 rings (SSSR count). The van der Waals surface area contributed by atoms with Gasteiger partial charge >= 0.3 is 6.03 Å². The Balaban J connectivity index is 1.57. The van der Waals surface area contributed by atoms with E-state index < -0.39 is 0 Å². The van der Waals surface area contributed by atoms with Crippen molar-refractivity contribution in [3.05, 3.63) is 18.2 Å². The lowest BCUT2D eigenvalue weighted by molar-refractivity contribution is 0.242. The minimum absolute atomic E-state index is 0.0420. The molecule has 25 heavy (non-hydrogen) atoms. The van der Waals surface area contributed by atoms with Gasteiger partial charge in [0.15, 0.2) is 11.5 Å². The van der Waals surface area contributed by atoms with Gasteiger partial charge in [-0.2, -0.15) is 0 Å². The van der Waals surface area contributed by atoms with Crippen molar-refractivity contribution in [3.63, 3.8) is 0 Å². The van der Waals surface area contributed by atoms with E-state index in [1.54, 1.807) is 12.0 Å². The van der Waals surface area contributed by atoms with E-state index in [2.05, 4.69) is 5.32 Å². The van der Waals surface area contributed by atoms with Gasteiger partial charge < -0.3 is 14.8 Å². The second kappa shape index (κ2) is 8.97. The third kappa shape index (κ3) is 4.80. The minimum Gasteiger partial charge on any atom is -0.493 e. The van der Waals surface area contributed by atoms with Crippen LogP contribution < -0.4 is 19.7 Å².